The first kappa shape index (κ1) is 34.1. The van der Waals surface area contributed by atoms with Crippen LogP contribution in [0.3, 0.4) is 0 Å². The Balaban J connectivity index is 1.26. The summed E-state index contributed by atoms with van der Waals surface area (Å²) in [6.07, 6.45) is 4.78. The van der Waals surface area contributed by atoms with Crippen molar-refractivity contribution in [1.29, 1.82) is 0 Å². The Labute approximate surface area is 275 Å². The molecule has 1 aromatic heterocycles. The van der Waals surface area contributed by atoms with Crippen molar-refractivity contribution in [3.05, 3.63) is 71.9 Å². The number of amides is 1. The van der Waals surface area contributed by atoms with Gasteiger partial charge < -0.3 is 24.4 Å². The zero-order chi connectivity index (χ0) is 33.7. The number of hydrogen-bond acceptors (Lipinski definition) is 7. The van der Waals surface area contributed by atoms with Crippen molar-refractivity contribution < 1.29 is 32.6 Å². The van der Waals surface area contributed by atoms with Gasteiger partial charge in [0.05, 0.1) is 24.1 Å². The second kappa shape index (κ2) is 14.7. The molecule has 47 heavy (non-hydrogen) atoms. The van der Waals surface area contributed by atoms with Crippen LogP contribution in [0.15, 0.2) is 48.3 Å². The minimum Gasteiger partial charge on any atom is -0.493 e. The molecule has 3 unspecified atom stereocenters. The maximum Gasteiger partial charge on any atom is 0.234 e. The summed E-state index contributed by atoms with van der Waals surface area (Å²) in [6.45, 7) is 11.1. The third-order valence-corrected chi connectivity index (χ3v) is 9.57. The lowest BCUT2D eigenvalue weighted by molar-refractivity contribution is -0.137. The molecule has 1 amide bonds. The summed E-state index contributed by atoms with van der Waals surface area (Å²) in [5.41, 5.74) is 0.0471. The molecule has 0 aliphatic heterocycles. The number of fused-ring (bicyclic) bond motifs is 1. The van der Waals surface area contributed by atoms with Crippen LogP contribution in [0.4, 0.5) is 8.78 Å². The highest BCUT2D eigenvalue weighted by atomic mass is 19.1. The number of ketones is 1. The van der Waals surface area contributed by atoms with E-state index in [1.54, 1.807) is 31.4 Å². The molecule has 8 nitrogen and oxygen atoms in total. The quantitative estimate of drug-likeness (QED) is 0.192. The molecule has 0 spiro atoms. The Morgan fingerprint density at radius 2 is 1.83 bits per heavy atom. The van der Waals surface area contributed by atoms with Crippen LogP contribution >= 0.6 is 0 Å². The predicted octanol–water partition coefficient (Wildman–Crippen LogP) is 6.37. The number of nitrogens with one attached hydrogen (secondary N) is 1. The zero-order valence-corrected chi connectivity index (χ0v) is 27.7. The molecule has 5 atom stereocenters. The van der Waals surface area contributed by atoms with Crippen LogP contribution in [-0.2, 0) is 9.59 Å². The standard InChI is InChI=1S/C37H43F2N3O5/c1-6-27(24-9-11-25(38)12-10-24)35(43)37(22-23(37)4)36(44)41-26-13-14-32(29(39)19-26)47-31-15-16-40-30-21-34(33(45-5)20-28(30)31)46-18-17-42(7-2)8-3/h9-12,19-21,23,26-27,32H,6-8,13-14,17-18,22H2,1-5H3,(H,41,44)/t23-,26?,27?,32?,37+/m0/s1. The topological polar surface area (TPSA) is 90.0 Å². The van der Waals surface area contributed by atoms with Crippen LogP contribution in [0, 0.1) is 29.4 Å². The summed E-state index contributed by atoms with van der Waals surface area (Å²) in [5.74, 6) is -0.839. The van der Waals surface area contributed by atoms with Crippen molar-refractivity contribution in [1.82, 2.24) is 15.2 Å². The van der Waals surface area contributed by atoms with Crippen molar-refractivity contribution in [2.24, 2.45) is 11.3 Å². The van der Waals surface area contributed by atoms with Gasteiger partial charge in [-0.15, -0.1) is 0 Å². The van der Waals surface area contributed by atoms with Crippen molar-refractivity contribution in [2.75, 3.05) is 33.4 Å². The number of carbonyl (C=O) groups is 2. The summed E-state index contributed by atoms with van der Waals surface area (Å²) in [5, 5.41) is 3.50. The van der Waals surface area contributed by atoms with Gasteiger partial charge >= 0.3 is 0 Å². The van der Waals surface area contributed by atoms with Gasteiger partial charge in [-0.2, -0.15) is 4.98 Å². The smallest absolute Gasteiger partial charge is 0.234 e. The summed E-state index contributed by atoms with van der Waals surface area (Å²) in [4.78, 5) is 33.9. The number of aromatic nitrogens is 1. The number of rotatable bonds is 15. The molecule has 1 fully saturated rings. The lowest BCUT2D eigenvalue weighted by atomic mass is 9.81. The number of nitrogens with zero attached hydrogens (tertiary/aromatic N) is 2. The van der Waals surface area contributed by atoms with Gasteiger partial charge in [0.25, 0.3) is 0 Å². The van der Waals surface area contributed by atoms with E-state index in [0.29, 0.717) is 53.8 Å². The fraction of sp³-hybridized carbons (Fsp3) is 0.486. The highest BCUT2D eigenvalue weighted by molar-refractivity contribution is 6.12. The number of Topliss-reactive ketones (excluding diaryl/α,β-unsaturated/α-hetero) is 1. The summed E-state index contributed by atoms with van der Waals surface area (Å²) in [6, 6.07) is 11.6. The number of halogens is 2. The molecule has 2 aliphatic rings. The average Bonchev–Trinajstić information content (AvgIpc) is 3.77. The molecule has 3 aromatic rings. The van der Waals surface area contributed by atoms with E-state index in [2.05, 4.69) is 41.3 Å². The largest absolute Gasteiger partial charge is 0.493 e. The maximum atomic E-state index is 15.5. The number of likely N-dealkylation sites (N-methyl/N-ethyl adjacent to an activating group) is 1. The van der Waals surface area contributed by atoms with Crippen LogP contribution in [-0.4, -0.2) is 67.1 Å². The molecule has 250 valence electrons. The number of methoxy groups -OCH3 is 1. The Hall–Kier alpha value is -4.23. The number of benzene rings is 2. The Bertz CT molecular complexity index is 1610. The fourth-order valence-corrected chi connectivity index (χ4v) is 6.51. The molecule has 0 radical (unpaired) electrons. The molecular formula is C37H43F2N3O5. The first-order chi connectivity index (χ1) is 22.6. The highest BCUT2D eigenvalue weighted by Crippen LogP contribution is 2.56. The summed E-state index contributed by atoms with van der Waals surface area (Å²) >= 11 is 0. The van der Waals surface area contributed by atoms with Gasteiger partial charge in [0.2, 0.25) is 5.91 Å². The minimum atomic E-state index is -1.18. The summed E-state index contributed by atoms with van der Waals surface area (Å²) < 4.78 is 46.7. The predicted molar refractivity (Wildman–Crippen MR) is 175 cm³/mol. The molecule has 1 N–H and O–H groups in total. The van der Waals surface area contributed by atoms with Crippen molar-refractivity contribution in [3.63, 3.8) is 0 Å². The lowest BCUT2D eigenvalue weighted by Gasteiger charge is -2.28. The Kier molecular flexibility index (Phi) is 10.7. The van der Waals surface area contributed by atoms with E-state index in [1.165, 1.54) is 18.2 Å². The van der Waals surface area contributed by atoms with E-state index in [4.69, 9.17) is 14.2 Å². The van der Waals surface area contributed by atoms with Gasteiger partial charge in [-0.1, -0.05) is 39.8 Å². The van der Waals surface area contributed by atoms with E-state index < -0.39 is 35.2 Å². The lowest BCUT2D eigenvalue weighted by Crippen LogP contribution is -2.46. The number of hydrogen-bond donors (Lipinski definition) is 1. The van der Waals surface area contributed by atoms with E-state index in [-0.39, 0.29) is 29.7 Å². The maximum absolute atomic E-state index is 15.5. The van der Waals surface area contributed by atoms with Crippen LogP contribution < -0.4 is 19.5 Å². The molecule has 1 heterocycles. The molecule has 0 bridgehead atoms. The van der Waals surface area contributed by atoms with Crippen LogP contribution in [0.5, 0.6) is 17.2 Å². The average molecular weight is 648 g/mol. The van der Waals surface area contributed by atoms with E-state index >= 15 is 4.39 Å². The molecule has 10 heteroatoms. The third kappa shape index (κ3) is 7.20. The second-order valence-electron chi connectivity index (χ2n) is 12.3. The molecule has 1 saturated carbocycles. The normalized spacial score (nSPS) is 22.6. The SMILES string of the molecule is CCC(C(=O)[C@@]1(C(=O)NC2C=C(F)C(Oc3c#cnc4cc(OCCN(CC)CC)c(OC)cc34)CC2)C[C@@H]1C)c1ccc(F)cc1. The molecule has 2 aliphatic carbocycles. The van der Waals surface area contributed by atoms with Gasteiger partial charge in [0, 0.05) is 24.7 Å². The highest BCUT2D eigenvalue weighted by Gasteiger charge is 2.64. The number of carbonyl (C=O) groups excluding carboxylic acids is 2. The van der Waals surface area contributed by atoms with Crippen LogP contribution in [0.1, 0.15) is 64.9 Å². The third-order valence-electron chi connectivity index (χ3n) is 9.57. The van der Waals surface area contributed by atoms with Crippen molar-refractivity contribution in [3.8, 4) is 17.2 Å². The Morgan fingerprint density at radius 1 is 1.11 bits per heavy atom. The molecule has 0 saturated heterocycles. The van der Waals surface area contributed by atoms with E-state index in [1.807, 2.05) is 13.8 Å². The fourth-order valence-electron chi connectivity index (χ4n) is 6.51. The van der Waals surface area contributed by atoms with E-state index in [9.17, 15) is 14.0 Å². The number of ether oxygens (including phenoxy) is 3. The zero-order valence-electron chi connectivity index (χ0n) is 27.7. The van der Waals surface area contributed by atoms with Gasteiger partial charge in [-0.3, -0.25) is 9.59 Å². The van der Waals surface area contributed by atoms with Crippen molar-refractivity contribution in [2.45, 2.75) is 71.4 Å². The minimum absolute atomic E-state index is 0.143. The van der Waals surface area contributed by atoms with Crippen LogP contribution in [0.25, 0.3) is 10.9 Å². The van der Waals surface area contributed by atoms with Gasteiger partial charge in [0.15, 0.2) is 29.1 Å². The molecule has 2 aromatic carbocycles. The van der Waals surface area contributed by atoms with Crippen LogP contribution in [0.2, 0.25) is 0 Å². The van der Waals surface area contributed by atoms with Gasteiger partial charge in [-0.25, -0.2) is 8.78 Å². The molecular weight excluding hydrogens is 604 g/mol. The van der Waals surface area contributed by atoms with Gasteiger partial charge in [0.1, 0.15) is 23.7 Å². The summed E-state index contributed by atoms with van der Waals surface area (Å²) in [7, 11) is 1.55. The molecule has 5 rings (SSSR count). The second-order valence-corrected chi connectivity index (χ2v) is 12.3. The van der Waals surface area contributed by atoms with Gasteiger partial charge in [-0.05, 0) is 80.6 Å². The first-order valence-electron chi connectivity index (χ1n) is 16.5. The monoisotopic (exact) mass is 647 g/mol. The van der Waals surface area contributed by atoms with Crippen molar-refractivity contribution >= 4 is 22.6 Å². The van der Waals surface area contributed by atoms with E-state index in [0.717, 1.165) is 19.6 Å². The Morgan fingerprint density at radius 3 is 2.45 bits per heavy atom. The first-order valence-corrected chi connectivity index (χ1v) is 16.5.